The third kappa shape index (κ3) is 2.69. The van der Waals surface area contributed by atoms with E-state index in [0.29, 0.717) is 11.1 Å². The van der Waals surface area contributed by atoms with Gasteiger partial charge in [-0.1, -0.05) is 18.2 Å². The highest BCUT2D eigenvalue weighted by molar-refractivity contribution is 5.89. The first kappa shape index (κ1) is 15.8. The zero-order chi connectivity index (χ0) is 17.6. The van der Waals surface area contributed by atoms with E-state index in [-0.39, 0.29) is 18.2 Å². The average Bonchev–Trinajstić information content (AvgIpc) is 3.11. The fraction of sp³-hybridized carbons (Fsp3) is 0.353. The van der Waals surface area contributed by atoms with Gasteiger partial charge in [0, 0.05) is 11.8 Å². The first-order chi connectivity index (χ1) is 12.0. The lowest BCUT2D eigenvalue weighted by molar-refractivity contribution is -0.0512. The summed E-state index contributed by atoms with van der Waals surface area (Å²) in [4.78, 5) is 27.4. The van der Waals surface area contributed by atoms with Crippen molar-refractivity contribution in [1.29, 1.82) is 0 Å². The Kier molecular flexibility index (Phi) is 3.78. The van der Waals surface area contributed by atoms with Crippen LogP contribution in [0.5, 0.6) is 6.01 Å². The molecule has 1 saturated heterocycles. The van der Waals surface area contributed by atoms with Gasteiger partial charge in [0.1, 0.15) is 18.8 Å². The molecule has 4 atom stereocenters. The lowest BCUT2D eigenvalue weighted by Gasteiger charge is -2.17. The van der Waals surface area contributed by atoms with Crippen molar-refractivity contribution in [2.24, 2.45) is 0 Å². The summed E-state index contributed by atoms with van der Waals surface area (Å²) in [5.41, 5.74) is 0.494. The third-order valence-corrected chi connectivity index (χ3v) is 4.30. The summed E-state index contributed by atoms with van der Waals surface area (Å²) in [6.07, 6.45) is -1.46. The number of fused-ring (bicyclic) bond motifs is 3. The Morgan fingerprint density at radius 3 is 2.88 bits per heavy atom. The van der Waals surface area contributed by atoms with Gasteiger partial charge in [-0.2, -0.15) is 4.98 Å². The average molecular weight is 344 g/mol. The molecule has 0 saturated carbocycles. The number of carbonyl (C=O) groups excluding carboxylic acids is 1. The molecule has 0 unspecified atom stereocenters. The Morgan fingerprint density at radius 1 is 1.36 bits per heavy atom. The number of aromatic nitrogens is 2. The van der Waals surface area contributed by atoms with Gasteiger partial charge in [0.25, 0.3) is 5.56 Å². The number of aryl methyl sites for hydroxylation is 1. The molecular weight excluding hydrogens is 328 g/mol. The SMILES string of the molecule is Cc1cn2c(nc1=O)O[C@H]1[C@H](O)[C@@H](COC(=O)c3ccccc3)O[C@H]12. The monoisotopic (exact) mass is 344 g/mol. The molecule has 1 aromatic carbocycles. The number of esters is 1. The van der Waals surface area contributed by atoms with Gasteiger partial charge in [0.15, 0.2) is 12.3 Å². The first-order valence-corrected chi connectivity index (χ1v) is 7.87. The highest BCUT2D eigenvalue weighted by Gasteiger charge is 2.51. The van der Waals surface area contributed by atoms with E-state index in [2.05, 4.69) is 4.98 Å². The van der Waals surface area contributed by atoms with Crippen LogP contribution in [0.3, 0.4) is 0 Å². The summed E-state index contributed by atoms with van der Waals surface area (Å²) in [6, 6.07) is 8.69. The topological polar surface area (TPSA) is 99.9 Å². The second kappa shape index (κ2) is 5.98. The summed E-state index contributed by atoms with van der Waals surface area (Å²) >= 11 is 0. The molecule has 8 nitrogen and oxygen atoms in total. The van der Waals surface area contributed by atoms with Crippen LogP contribution in [0.4, 0.5) is 0 Å². The summed E-state index contributed by atoms with van der Waals surface area (Å²) in [5, 5.41) is 10.4. The van der Waals surface area contributed by atoms with Gasteiger partial charge in [-0.3, -0.25) is 9.36 Å². The predicted octanol–water partition coefficient (Wildman–Crippen LogP) is 0.428. The fourth-order valence-corrected chi connectivity index (χ4v) is 2.97. The Morgan fingerprint density at radius 2 is 2.12 bits per heavy atom. The van der Waals surface area contributed by atoms with Gasteiger partial charge in [0.2, 0.25) is 0 Å². The molecule has 0 amide bonds. The molecule has 0 spiro atoms. The number of benzene rings is 1. The van der Waals surface area contributed by atoms with Gasteiger partial charge in [-0.05, 0) is 19.1 Å². The van der Waals surface area contributed by atoms with E-state index in [0.717, 1.165) is 0 Å². The first-order valence-electron chi connectivity index (χ1n) is 7.87. The zero-order valence-corrected chi connectivity index (χ0v) is 13.4. The van der Waals surface area contributed by atoms with Crippen molar-refractivity contribution in [2.75, 3.05) is 6.61 Å². The van der Waals surface area contributed by atoms with Crippen molar-refractivity contribution < 1.29 is 24.1 Å². The fourth-order valence-electron chi connectivity index (χ4n) is 2.97. The van der Waals surface area contributed by atoms with Crippen LogP contribution < -0.4 is 10.3 Å². The summed E-state index contributed by atoms with van der Waals surface area (Å²) < 4.78 is 18.1. The number of rotatable bonds is 3. The smallest absolute Gasteiger partial charge is 0.338 e. The van der Waals surface area contributed by atoms with Crippen molar-refractivity contribution in [3.63, 3.8) is 0 Å². The Balaban J connectivity index is 1.45. The minimum Gasteiger partial charge on any atom is -0.459 e. The van der Waals surface area contributed by atoms with Gasteiger partial charge in [-0.15, -0.1) is 0 Å². The van der Waals surface area contributed by atoms with E-state index in [1.54, 1.807) is 48.0 Å². The second-order valence-corrected chi connectivity index (χ2v) is 6.02. The number of hydrogen-bond acceptors (Lipinski definition) is 7. The van der Waals surface area contributed by atoms with Gasteiger partial charge >= 0.3 is 12.0 Å². The maximum Gasteiger partial charge on any atom is 0.338 e. The number of nitrogens with zero attached hydrogens (tertiary/aromatic N) is 2. The van der Waals surface area contributed by atoms with Crippen molar-refractivity contribution in [1.82, 2.24) is 9.55 Å². The minimum absolute atomic E-state index is 0.104. The van der Waals surface area contributed by atoms with E-state index in [9.17, 15) is 14.7 Å². The molecule has 2 aliphatic rings. The molecule has 3 heterocycles. The molecule has 1 aromatic heterocycles. The molecule has 2 aliphatic heterocycles. The summed E-state index contributed by atoms with van der Waals surface area (Å²) in [5.74, 6) is -0.490. The molecule has 0 radical (unpaired) electrons. The molecule has 25 heavy (non-hydrogen) atoms. The molecule has 2 aromatic rings. The van der Waals surface area contributed by atoms with Crippen molar-refractivity contribution in [3.8, 4) is 6.01 Å². The van der Waals surface area contributed by atoms with E-state index >= 15 is 0 Å². The van der Waals surface area contributed by atoms with Crippen molar-refractivity contribution >= 4 is 5.97 Å². The van der Waals surface area contributed by atoms with Crippen molar-refractivity contribution in [2.45, 2.75) is 31.5 Å². The number of aliphatic hydroxyl groups excluding tert-OH is 1. The molecule has 0 aliphatic carbocycles. The molecule has 0 bridgehead atoms. The summed E-state index contributed by atoms with van der Waals surface area (Å²) in [7, 11) is 0. The highest BCUT2D eigenvalue weighted by Crippen LogP contribution is 2.39. The lowest BCUT2D eigenvalue weighted by Crippen LogP contribution is -2.36. The minimum atomic E-state index is -1.01. The van der Waals surface area contributed by atoms with Crippen LogP contribution in [0.2, 0.25) is 0 Å². The predicted molar refractivity (Wildman–Crippen MR) is 84.3 cm³/mol. The largest absolute Gasteiger partial charge is 0.459 e. The quantitative estimate of drug-likeness (QED) is 0.806. The van der Waals surface area contributed by atoms with Crippen molar-refractivity contribution in [3.05, 3.63) is 58.0 Å². The molecule has 1 fully saturated rings. The number of ether oxygens (including phenoxy) is 3. The van der Waals surface area contributed by atoms with Crippen LogP contribution in [-0.2, 0) is 9.47 Å². The van der Waals surface area contributed by atoms with Gasteiger partial charge in [-0.25, -0.2) is 4.79 Å². The molecule has 1 N–H and O–H groups in total. The summed E-state index contributed by atoms with van der Waals surface area (Å²) in [6.45, 7) is 1.54. The zero-order valence-electron chi connectivity index (χ0n) is 13.4. The standard InChI is InChI=1S/C17H16N2O6/c1-9-7-19-15-13(25-17(19)18-14(9)21)12(20)11(24-15)8-23-16(22)10-5-3-2-4-6-10/h2-7,11-13,15,20H,8H2,1H3/t11-,12-,13+,15-/m1/s1. The Bertz CT molecular complexity index is 865. The van der Waals surface area contributed by atoms with E-state index in [1.807, 2.05) is 0 Å². The van der Waals surface area contributed by atoms with Crippen LogP contribution in [0, 0.1) is 6.92 Å². The van der Waals surface area contributed by atoms with Gasteiger partial charge in [0.05, 0.1) is 5.56 Å². The molecule has 130 valence electrons. The van der Waals surface area contributed by atoms with Crippen LogP contribution >= 0.6 is 0 Å². The van der Waals surface area contributed by atoms with Crippen LogP contribution in [-0.4, -0.2) is 45.5 Å². The van der Waals surface area contributed by atoms with E-state index in [1.165, 1.54) is 0 Å². The van der Waals surface area contributed by atoms with Crippen LogP contribution in [0.25, 0.3) is 0 Å². The van der Waals surface area contributed by atoms with Crippen LogP contribution in [0.15, 0.2) is 41.3 Å². The maximum absolute atomic E-state index is 12.0. The van der Waals surface area contributed by atoms with Crippen LogP contribution in [0.1, 0.15) is 22.1 Å². The molecular formula is C17H16N2O6. The highest BCUT2D eigenvalue weighted by atomic mass is 16.6. The van der Waals surface area contributed by atoms with E-state index < -0.39 is 30.5 Å². The van der Waals surface area contributed by atoms with Gasteiger partial charge < -0.3 is 19.3 Å². The number of hydrogen-bond donors (Lipinski definition) is 1. The maximum atomic E-state index is 12.0. The third-order valence-electron chi connectivity index (χ3n) is 4.30. The number of carbonyl (C=O) groups is 1. The normalized spacial score (nSPS) is 26.6. The molecule has 8 heteroatoms. The lowest BCUT2D eigenvalue weighted by atomic mass is 10.1. The Hall–Kier alpha value is -2.71. The molecule has 4 rings (SSSR count). The second-order valence-electron chi connectivity index (χ2n) is 6.02. The Labute approximate surface area is 142 Å². The van der Waals surface area contributed by atoms with E-state index in [4.69, 9.17) is 14.2 Å². The number of aliphatic hydroxyl groups is 1.